The van der Waals surface area contributed by atoms with E-state index in [2.05, 4.69) is 63.1 Å². The Balaban J connectivity index is 0.000000121. The zero-order valence-corrected chi connectivity index (χ0v) is 42.0. The van der Waals surface area contributed by atoms with Gasteiger partial charge < -0.3 is 49.6 Å². The van der Waals surface area contributed by atoms with Crippen molar-refractivity contribution in [2.24, 2.45) is 22.7 Å². The van der Waals surface area contributed by atoms with Crippen LogP contribution < -0.4 is 20.9 Å². The molecular weight excluding hydrogens is 926 g/mol. The molecular formula is C52H61ClF2N14O2. The highest BCUT2D eigenvalue weighted by atomic mass is 35.5. The van der Waals surface area contributed by atoms with Crippen LogP contribution in [0.1, 0.15) is 59.5 Å². The lowest BCUT2D eigenvalue weighted by atomic mass is 9.49. The van der Waals surface area contributed by atoms with Gasteiger partial charge in [-0.1, -0.05) is 0 Å². The zero-order chi connectivity index (χ0) is 49.5. The number of nitrogens with one attached hydrogen (secondary N) is 1. The molecule has 4 aromatic heterocycles. The molecule has 8 heterocycles. The van der Waals surface area contributed by atoms with Gasteiger partial charge in [0.15, 0.2) is 0 Å². The topological polar surface area (TPSA) is 153 Å². The van der Waals surface area contributed by atoms with E-state index in [4.69, 9.17) is 22.3 Å². The molecule has 0 atom stereocenters. The van der Waals surface area contributed by atoms with Crippen molar-refractivity contribution in [1.29, 1.82) is 0 Å². The van der Waals surface area contributed by atoms with Crippen LogP contribution in [0.15, 0.2) is 60.9 Å². The first-order chi connectivity index (χ1) is 33.8. The summed E-state index contributed by atoms with van der Waals surface area (Å²) in [6.07, 6.45) is 10.2. The van der Waals surface area contributed by atoms with Gasteiger partial charge in [-0.2, -0.15) is 9.97 Å². The summed E-state index contributed by atoms with van der Waals surface area (Å²) >= 11 is 5.94. The fourth-order valence-electron chi connectivity index (χ4n) is 13.4. The summed E-state index contributed by atoms with van der Waals surface area (Å²) < 4.78 is 32.9. The van der Waals surface area contributed by atoms with E-state index in [0.29, 0.717) is 50.9 Å². The van der Waals surface area contributed by atoms with Crippen LogP contribution in [0, 0.1) is 34.3 Å². The van der Waals surface area contributed by atoms with Gasteiger partial charge in [0.1, 0.15) is 34.3 Å². The number of nitrogens with zero attached hydrogens (tertiary/aromatic N) is 12. The maximum absolute atomic E-state index is 15.0. The molecule has 71 heavy (non-hydrogen) atoms. The highest BCUT2D eigenvalue weighted by Gasteiger charge is 2.60. The summed E-state index contributed by atoms with van der Waals surface area (Å²) in [6.45, 7) is 8.23. The number of amides is 2. The minimum atomic E-state index is -0.241. The molecule has 0 unspecified atom stereocenters. The van der Waals surface area contributed by atoms with Crippen LogP contribution in [0.25, 0.3) is 22.1 Å². The van der Waals surface area contributed by atoms with Gasteiger partial charge in [0.25, 0.3) is 11.8 Å². The van der Waals surface area contributed by atoms with Gasteiger partial charge in [-0.05, 0) is 125 Å². The first kappa shape index (κ1) is 46.0. The summed E-state index contributed by atoms with van der Waals surface area (Å²) in [4.78, 5) is 55.1. The molecule has 3 N–H and O–H groups in total. The van der Waals surface area contributed by atoms with Gasteiger partial charge >= 0.3 is 0 Å². The molecule has 16 rings (SSSR count). The largest absolute Gasteiger partial charge is 0.399 e. The van der Waals surface area contributed by atoms with Gasteiger partial charge in [-0.15, -0.1) is 0 Å². The highest BCUT2D eigenvalue weighted by Crippen LogP contribution is 2.64. The molecule has 6 aromatic rings. The normalized spacial score (nSPS) is 25.6. The monoisotopic (exact) mass is 986 g/mol. The molecule has 10 aliphatic rings. The van der Waals surface area contributed by atoms with Crippen molar-refractivity contribution in [3.63, 3.8) is 0 Å². The molecule has 2 spiro atoms. The second kappa shape index (κ2) is 16.2. The van der Waals surface area contributed by atoms with Gasteiger partial charge in [0.2, 0.25) is 11.2 Å². The number of carbonyl (C=O) groups excluding carboxylic acids is 2. The van der Waals surface area contributed by atoms with Crippen molar-refractivity contribution in [2.45, 2.75) is 49.6 Å². The Bertz CT molecular complexity index is 3110. The molecule has 4 aliphatic heterocycles. The van der Waals surface area contributed by atoms with E-state index in [-0.39, 0.29) is 39.8 Å². The SMILES string of the molecule is CN(C)C(=O)c1cc2cnc(Cl)nc2n1C12CC(C1)C2.CN1CC2(C1)CN(c1ccc(N)cc1F)C2.CN1CC2(C1)CN(c1ccc(Nc3ncc4cc(C(=O)N(C)C)n(C56CC(C5)C6)c4n3)cc1F)C2. The van der Waals surface area contributed by atoms with Crippen molar-refractivity contribution in [1.82, 2.24) is 48.7 Å². The number of nitrogen functional groups attached to an aromatic ring is 1. The summed E-state index contributed by atoms with van der Waals surface area (Å²) in [7, 11) is 11.3. The van der Waals surface area contributed by atoms with Crippen molar-refractivity contribution >= 4 is 74.2 Å². The van der Waals surface area contributed by atoms with E-state index < -0.39 is 0 Å². The fraction of sp³-hybridized carbons (Fsp3) is 0.500. The predicted octanol–water partition coefficient (Wildman–Crippen LogP) is 6.73. The fourth-order valence-corrected chi connectivity index (χ4v) is 13.5. The maximum atomic E-state index is 15.0. The average Bonchev–Trinajstić information content (AvgIpc) is 3.76. The van der Waals surface area contributed by atoms with Gasteiger partial charge in [-0.25, -0.2) is 18.7 Å². The first-order valence-electron chi connectivity index (χ1n) is 24.7. The first-order valence-corrected chi connectivity index (χ1v) is 25.1. The molecule has 2 aromatic carbocycles. The molecule has 2 amide bonds. The second-order valence-electron chi connectivity index (χ2n) is 23.0. The van der Waals surface area contributed by atoms with Crippen molar-refractivity contribution in [3.8, 4) is 0 Å². The zero-order valence-electron chi connectivity index (χ0n) is 41.2. The van der Waals surface area contributed by atoms with Gasteiger partial charge in [0, 0.05) is 137 Å². The van der Waals surface area contributed by atoms with Crippen LogP contribution in [0.2, 0.25) is 5.28 Å². The van der Waals surface area contributed by atoms with E-state index in [1.54, 1.807) is 62.5 Å². The van der Waals surface area contributed by atoms with Crippen LogP contribution >= 0.6 is 11.6 Å². The molecule has 6 aliphatic carbocycles. The third kappa shape index (κ3) is 7.56. The van der Waals surface area contributed by atoms with E-state index in [0.717, 1.165) is 125 Å². The third-order valence-corrected chi connectivity index (χ3v) is 16.8. The number of halogens is 3. The number of nitrogens with two attached hydrogens (primary N) is 1. The van der Waals surface area contributed by atoms with Crippen LogP contribution in [0.3, 0.4) is 0 Å². The number of carbonyl (C=O) groups is 2. The molecule has 4 saturated heterocycles. The van der Waals surface area contributed by atoms with Gasteiger partial charge in [0.05, 0.1) is 11.4 Å². The van der Waals surface area contributed by atoms with Crippen molar-refractivity contribution in [3.05, 3.63) is 89.2 Å². The molecule has 19 heteroatoms. The number of benzene rings is 2. The Hall–Kier alpha value is -6.11. The minimum absolute atomic E-state index is 0.00335. The Labute approximate surface area is 416 Å². The molecule has 6 saturated carbocycles. The lowest BCUT2D eigenvalue weighted by molar-refractivity contribution is -0.0871. The Morgan fingerprint density at radius 2 is 1.10 bits per heavy atom. The van der Waals surface area contributed by atoms with E-state index in [1.807, 2.05) is 24.3 Å². The van der Waals surface area contributed by atoms with Crippen molar-refractivity contribution < 1.29 is 18.4 Å². The van der Waals surface area contributed by atoms with Gasteiger partial charge in [-0.3, -0.25) is 9.59 Å². The number of hydrogen-bond donors (Lipinski definition) is 2. The number of likely N-dealkylation sites (tertiary alicyclic amines) is 2. The number of fused-ring (bicyclic) bond motifs is 2. The lowest BCUT2D eigenvalue weighted by Gasteiger charge is -2.62. The minimum Gasteiger partial charge on any atom is -0.399 e. The summed E-state index contributed by atoms with van der Waals surface area (Å²) in [5, 5.41) is 5.13. The molecule has 10 fully saturated rings. The van der Waals surface area contributed by atoms with Crippen LogP contribution in [-0.2, 0) is 11.1 Å². The Morgan fingerprint density at radius 3 is 1.52 bits per heavy atom. The van der Waals surface area contributed by atoms with Crippen molar-refractivity contribution in [2.75, 3.05) is 115 Å². The van der Waals surface area contributed by atoms with Crippen LogP contribution in [0.5, 0.6) is 0 Å². The molecule has 16 nitrogen and oxygen atoms in total. The van der Waals surface area contributed by atoms with E-state index >= 15 is 0 Å². The Kier molecular flexibility index (Phi) is 10.5. The lowest BCUT2D eigenvalue weighted by Crippen LogP contribution is -2.71. The molecule has 4 bridgehead atoms. The van der Waals surface area contributed by atoms with Crippen LogP contribution in [-0.4, -0.2) is 155 Å². The summed E-state index contributed by atoms with van der Waals surface area (Å²) in [6, 6.07) is 13.9. The van der Waals surface area contributed by atoms with E-state index in [9.17, 15) is 18.4 Å². The highest BCUT2D eigenvalue weighted by molar-refractivity contribution is 6.28. The standard InChI is InChI=1S/C26H30FN7O.C14H15ClN4O.C12H16FN3/c1-31(2)23(35)21-6-17-11-28-24(30-22(17)34(21)26-8-16(9-26)10-26)29-18-4-5-20(19(27)7-18)33-14-25(15-33)12-32(3)13-25;1-18(2)12(20)10-3-9-7-16-13(15)17-11(9)19(10)14-4-8(5-14)6-14;1-15-5-12(6-15)7-16(8-12)11-3-2-9(14)4-10(11)13/h4-7,11,16H,8-10,12-15H2,1-3H3,(H,28,29,30);3,7-8H,4-6H2,1-2H3;2-4H,5-8,14H2,1H3. The molecule has 0 radical (unpaired) electrons. The van der Waals surface area contributed by atoms with Crippen LogP contribution in [0.4, 0.5) is 37.5 Å². The predicted molar refractivity (Wildman–Crippen MR) is 272 cm³/mol. The molecule has 372 valence electrons. The summed E-state index contributed by atoms with van der Waals surface area (Å²) in [5.74, 6) is 1.52. The number of rotatable bonds is 8. The number of hydrogen-bond acceptors (Lipinski definition) is 12. The second-order valence-corrected chi connectivity index (χ2v) is 23.3. The third-order valence-electron chi connectivity index (χ3n) is 16.6. The maximum Gasteiger partial charge on any atom is 0.270 e. The number of anilines is 5. The average molecular weight is 988 g/mol. The Morgan fingerprint density at radius 1 is 0.648 bits per heavy atom. The van der Waals surface area contributed by atoms with E-state index in [1.165, 1.54) is 12.1 Å². The number of aromatic nitrogens is 6. The smallest absolute Gasteiger partial charge is 0.270 e. The summed E-state index contributed by atoms with van der Waals surface area (Å²) in [5.41, 5.74) is 11.7. The quantitative estimate of drug-likeness (QED) is 0.123.